The van der Waals surface area contributed by atoms with E-state index in [2.05, 4.69) is 13.0 Å². The van der Waals surface area contributed by atoms with E-state index >= 15 is 0 Å². The molecule has 1 aliphatic heterocycles. The summed E-state index contributed by atoms with van der Waals surface area (Å²) < 4.78 is 10.6. The highest BCUT2D eigenvalue weighted by Gasteiger charge is 2.28. The first-order valence-corrected chi connectivity index (χ1v) is 8.88. The van der Waals surface area contributed by atoms with Gasteiger partial charge in [-0.3, -0.25) is 4.79 Å². The second-order valence-electron chi connectivity index (χ2n) is 6.68. The third-order valence-corrected chi connectivity index (χ3v) is 4.97. The SMILES string of the molecule is COc1ccc(N(C)CC(=O)N2c3ccccc3CCC2C)cc1OC. The Morgan fingerprint density at radius 3 is 2.62 bits per heavy atom. The van der Waals surface area contributed by atoms with Crippen LogP contribution in [-0.4, -0.2) is 39.8 Å². The molecule has 3 rings (SSSR count). The molecule has 0 saturated carbocycles. The molecule has 0 bridgehead atoms. The summed E-state index contributed by atoms with van der Waals surface area (Å²) in [6, 6.07) is 14.1. The second kappa shape index (κ2) is 7.68. The lowest BCUT2D eigenvalue weighted by atomic mass is 9.96. The van der Waals surface area contributed by atoms with Crippen LogP contribution in [0.3, 0.4) is 0 Å². The molecule has 2 aromatic rings. The molecule has 138 valence electrons. The minimum Gasteiger partial charge on any atom is -0.493 e. The Kier molecular flexibility index (Phi) is 5.35. The molecular weight excluding hydrogens is 328 g/mol. The summed E-state index contributed by atoms with van der Waals surface area (Å²) >= 11 is 0. The van der Waals surface area contributed by atoms with Crippen LogP contribution in [0.4, 0.5) is 11.4 Å². The topological polar surface area (TPSA) is 42.0 Å². The Morgan fingerprint density at radius 2 is 1.88 bits per heavy atom. The summed E-state index contributed by atoms with van der Waals surface area (Å²) in [5.41, 5.74) is 3.19. The Bertz CT molecular complexity index is 791. The van der Waals surface area contributed by atoms with Crippen molar-refractivity contribution in [1.29, 1.82) is 0 Å². The van der Waals surface area contributed by atoms with Crippen LogP contribution in [0.5, 0.6) is 11.5 Å². The predicted octanol–water partition coefficient (Wildman–Crippen LogP) is 3.51. The van der Waals surface area contributed by atoms with E-state index in [1.165, 1.54) is 5.56 Å². The Hall–Kier alpha value is -2.69. The van der Waals surface area contributed by atoms with Gasteiger partial charge in [-0.2, -0.15) is 0 Å². The van der Waals surface area contributed by atoms with Crippen LogP contribution in [-0.2, 0) is 11.2 Å². The molecule has 1 aliphatic rings. The molecule has 5 heteroatoms. The molecular formula is C21H26N2O3. The summed E-state index contributed by atoms with van der Waals surface area (Å²) in [7, 11) is 5.14. The predicted molar refractivity (Wildman–Crippen MR) is 105 cm³/mol. The molecule has 1 atom stereocenters. The summed E-state index contributed by atoms with van der Waals surface area (Å²) in [4.78, 5) is 16.9. The van der Waals surface area contributed by atoms with Crippen molar-refractivity contribution < 1.29 is 14.3 Å². The van der Waals surface area contributed by atoms with Crippen LogP contribution in [0.25, 0.3) is 0 Å². The molecule has 0 saturated heterocycles. The molecule has 0 aliphatic carbocycles. The third-order valence-electron chi connectivity index (χ3n) is 4.97. The first-order valence-electron chi connectivity index (χ1n) is 8.88. The third kappa shape index (κ3) is 3.47. The summed E-state index contributed by atoms with van der Waals surface area (Å²) in [5, 5.41) is 0. The summed E-state index contributed by atoms with van der Waals surface area (Å²) in [6.07, 6.45) is 2.01. The number of likely N-dealkylation sites (N-methyl/N-ethyl adjacent to an activating group) is 1. The van der Waals surface area contributed by atoms with Crippen molar-refractivity contribution in [2.24, 2.45) is 0 Å². The average Bonchev–Trinajstić information content (AvgIpc) is 2.67. The lowest BCUT2D eigenvalue weighted by Gasteiger charge is -2.36. The van der Waals surface area contributed by atoms with Gasteiger partial charge in [0.1, 0.15) is 0 Å². The Morgan fingerprint density at radius 1 is 1.15 bits per heavy atom. The van der Waals surface area contributed by atoms with Gasteiger partial charge in [-0.1, -0.05) is 18.2 Å². The summed E-state index contributed by atoms with van der Waals surface area (Å²) in [6.45, 7) is 2.42. The number of aryl methyl sites for hydroxylation is 1. The molecule has 0 spiro atoms. The van der Waals surface area contributed by atoms with Gasteiger partial charge in [0.2, 0.25) is 5.91 Å². The number of nitrogens with zero attached hydrogens (tertiary/aromatic N) is 2. The van der Waals surface area contributed by atoms with Gasteiger partial charge in [0, 0.05) is 30.5 Å². The fraction of sp³-hybridized carbons (Fsp3) is 0.381. The van der Waals surface area contributed by atoms with E-state index < -0.39 is 0 Å². The molecule has 1 amide bonds. The fourth-order valence-corrected chi connectivity index (χ4v) is 3.50. The van der Waals surface area contributed by atoms with Crippen LogP contribution in [0.15, 0.2) is 42.5 Å². The highest BCUT2D eigenvalue weighted by atomic mass is 16.5. The van der Waals surface area contributed by atoms with Crippen molar-refractivity contribution in [2.75, 3.05) is 37.6 Å². The average molecular weight is 354 g/mol. The minimum absolute atomic E-state index is 0.0990. The molecule has 5 nitrogen and oxygen atoms in total. The number of hydrogen-bond acceptors (Lipinski definition) is 4. The molecule has 0 N–H and O–H groups in total. The van der Waals surface area contributed by atoms with Gasteiger partial charge in [0.05, 0.1) is 20.8 Å². The lowest BCUT2D eigenvalue weighted by Crippen LogP contribution is -2.46. The maximum atomic E-state index is 13.1. The largest absolute Gasteiger partial charge is 0.493 e. The molecule has 1 unspecified atom stereocenters. The number of hydrogen-bond donors (Lipinski definition) is 0. The van der Waals surface area contributed by atoms with E-state index in [4.69, 9.17) is 9.47 Å². The number of ether oxygens (including phenoxy) is 2. The normalized spacial score (nSPS) is 16.0. The van der Waals surface area contributed by atoms with Crippen LogP contribution in [0.2, 0.25) is 0 Å². The molecule has 0 radical (unpaired) electrons. The lowest BCUT2D eigenvalue weighted by molar-refractivity contribution is -0.117. The smallest absolute Gasteiger partial charge is 0.246 e. The van der Waals surface area contributed by atoms with Gasteiger partial charge in [0.25, 0.3) is 0 Å². The number of fused-ring (bicyclic) bond motifs is 1. The first-order chi connectivity index (χ1) is 12.5. The zero-order valence-electron chi connectivity index (χ0n) is 15.9. The minimum atomic E-state index is 0.0990. The zero-order chi connectivity index (χ0) is 18.7. The van der Waals surface area contributed by atoms with Gasteiger partial charge in [-0.15, -0.1) is 0 Å². The number of carbonyl (C=O) groups excluding carboxylic acids is 1. The quantitative estimate of drug-likeness (QED) is 0.824. The van der Waals surface area contributed by atoms with Crippen molar-refractivity contribution in [2.45, 2.75) is 25.8 Å². The van der Waals surface area contributed by atoms with Crippen LogP contribution in [0.1, 0.15) is 18.9 Å². The number of carbonyl (C=O) groups is 1. The van der Waals surface area contributed by atoms with Crippen molar-refractivity contribution in [3.63, 3.8) is 0 Å². The maximum absolute atomic E-state index is 13.1. The number of para-hydroxylation sites is 1. The van der Waals surface area contributed by atoms with Crippen molar-refractivity contribution in [3.05, 3.63) is 48.0 Å². The number of amides is 1. The molecule has 0 fully saturated rings. The monoisotopic (exact) mass is 354 g/mol. The fourth-order valence-electron chi connectivity index (χ4n) is 3.50. The molecule has 1 heterocycles. The standard InChI is InChI=1S/C21H26N2O3/c1-15-9-10-16-7-5-6-8-18(16)23(15)21(24)14-22(2)17-11-12-19(25-3)20(13-17)26-4/h5-8,11-13,15H,9-10,14H2,1-4H3. The number of rotatable bonds is 5. The van der Waals surface area contributed by atoms with E-state index in [0.29, 0.717) is 18.0 Å². The van der Waals surface area contributed by atoms with Crippen LogP contribution < -0.4 is 19.3 Å². The van der Waals surface area contributed by atoms with E-state index in [1.54, 1.807) is 14.2 Å². The number of methoxy groups -OCH3 is 2. The molecule has 0 aromatic heterocycles. The highest BCUT2D eigenvalue weighted by Crippen LogP contribution is 2.33. The van der Waals surface area contributed by atoms with E-state index in [0.717, 1.165) is 24.2 Å². The highest BCUT2D eigenvalue weighted by molar-refractivity contribution is 5.98. The van der Waals surface area contributed by atoms with Gasteiger partial charge in [-0.05, 0) is 43.5 Å². The van der Waals surface area contributed by atoms with E-state index in [9.17, 15) is 4.79 Å². The zero-order valence-corrected chi connectivity index (χ0v) is 15.9. The van der Waals surface area contributed by atoms with Crippen LogP contribution in [0, 0.1) is 0 Å². The Labute approximate surface area is 155 Å². The van der Waals surface area contributed by atoms with Crippen molar-refractivity contribution >= 4 is 17.3 Å². The van der Waals surface area contributed by atoms with Gasteiger partial charge in [0.15, 0.2) is 11.5 Å². The maximum Gasteiger partial charge on any atom is 0.246 e. The van der Waals surface area contributed by atoms with Crippen molar-refractivity contribution in [3.8, 4) is 11.5 Å². The number of benzene rings is 2. The number of anilines is 2. The summed E-state index contributed by atoms with van der Waals surface area (Å²) in [5.74, 6) is 1.43. The Balaban J connectivity index is 1.79. The van der Waals surface area contributed by atoms with Gasteiger partial charge >= 0.3 is 0 Å². The van der Waals surface area contributed by atoms with Gasteiger partial charge < -0.3 is 19.3 Å². The van der Waals surface area contributed by atoms with Crippen molar-refractivity contribution in [1.82, 2.24) is 0 Å². The molecule has 26 heavy (non-hydrogen) atoms. The molecule has 2 aromatic carbocycles. The first kappa shape index (κ1) is 18.1. The van der Waals surface area contributed by atoms with Crippen LogP contribution >= 0.6 is 0 Å². The van der Waals surface area contributed by atoms with E-state index in [-0.39, 0.29) is 11.9 Å². The van der Waals surface area contributed by atoms with E-state index in [1.807, 2.05) is 53.2 Å². The van der Waals surface area contributed by atoms with Gasteiger partial charge in [-0.25, -0.2) is 0 Å². The second-order valence-corrected chi connectivity index (χ2v) is 6.68.